The van der Waals surface area contributed by atoms with E-state index in [1.165, 1.54) is 25.7 Å². The van der Waals surface area contributed by atoms with Gasteiger partial charge < -0.3 is 14.8 Å². The summed E-state index contributed by atoms with van der Waals surface area (Å²) < 4.78 is 11.3. The maximum Gasteiger partial charge on any atom is 0.328 e. The molecule has 6 heteroatoms. The van der Waals surface area contributed by atoms with E-state index in [9.17, 15) is 14.4 Å². The first kappa shape index (κ1) is 30.9. The summed E-state index contributed by atoms with van der Waals surface area (Å²) in [6, 6.07) is -0.668. The summed E-state index contributed by atoms with van der Waals surface area (Å²) in [5, 5.41) is 2.59. The number of esters is 2. The Balaban J connectivity index is 2.70. The van der Waals surface area contributed by atoms with E-state index >= 15 is 0 Å². The van der Waals surface area contributed by atoms with Crippen molar-refractivity contribution in [2.24, 2.45) is 11.8 Å². The lowest BCUT2D eigenvalue weighted by Gasteiger charge is -2.37. The highest BCUT2D eigenvalue weighted by Gasteiger charge is 2.43. The Morgan fingerprint density at radius 3 is 2.40 bits per heavy atom. The third-order valence-electron chi connectivity index (χ3n) is 6.41. The molecule has 1 saturated heterocycles. The van der Waals surface area contributed by atoms with Gasteiger partial charge in [0.2, 0.25) is 6.41 Å². The van der Waals surface area contributed by atoms with Crippen molar-refractivity contribution in [1.29, 1.82) is 0 Å². The van der Waals surface area contributed by atoms with E-state index in [0.29, 0.717) is 25.7 Å². The second-order valence-corrected chi connectivity index (χ2v) is 10.1. The monoisotopic (exact) mass is 491 g/mol. The zero-order valence-corrected chi connectivity index (χ0v) is 22.5. The lowest BCUT2D eigenvalue weighted by Crippen LogP contribution is -2.48. The maximum absolute atomic E-state index is 12.8. The fourth-order valence-corrected chi connectivity index (χ4v) is 4.34. The molecule has 0 saturated carbocycles. The fourth-order valence-electron chi connectivity index (χ4n) is 4.34. The highest BCUT2D eigenvalue weighted by Crippen LogP contribution is 2.32. The molecule has 1 heterocycles. The van der Waals surface area contributed by atoms with Crippen molar-refractivity contribution in [1.82, 2.24) is 5.32 Å². The Morgan fingerprint density at radius 1 is 1.03 bits per heavy atom. The largest absolute Gasteiger partial charge is 0.461 e. The molecule has 1 fully saturated rings. The van der Waals surface area contributed by atoms with Crippen molar-refractivity contribution >= 4 is 18.3 Å². The van der Waals surface area contributed by atoms with Crippen LogP contribution in [-0.2, 0) is 23.9 Å². The Labute approximate surface area is 213 Å². The quantitative estimate of drug-likeness (QED) is 0.0865. The summed E-state index contributed by atoms with van der Waals surface area (Å²) in [6.07, 6.45) is 21.0. The van der Waals surface area contributed by atoms with Crippen molar-refractivity contribution in [3.63, 3.8) is 0 Å². The average Bonchev–Trinajstić information content (AvgIpc) is 2.81. The molecule has 35 heavy (non-hydrogen) atoms. The summed E-state index contributed by atoms with van der Waals surface area (Å²) >= 11 is 0. The Bertz CT molecular complexity index is 657. The Hall–Kier alpha value is -2.11. The topological polar surface area (TPSA) is 81.7 Å². The predicted octanol–water partition coefficient (Wildman–Crippen LogP) is 6.43. The molecule has 0 aliphatic carbocycles. The number of rotatable bonds is 21. The minimum Gasteiger partial charge on any atom is -0.461 e. The van der Waals surface area contributed by atoms with Crippen LogP contribution in [-0.4, -0.2) is 36.6 Å². The van der Waals surface area contributed by atoms with E-state index in [1.807, 2.05) is 19.9 Å². The second-order valence-electron chi connectivity index (χ2n) is 10.1. The van der Waals surface area contributed by atoms with Gasteiger partial charge in [0.25, 0.3) is 0 Å². The summed E-state index contributed by atoms with van der Waals surface area (Å²) in [4.78, 5) is 35.9. The molecule has 6 nitrogen and oxygen atoms in total. The van der Waals surface area contributed by atoms with Gasteiger partial charge in [-0.15, -0.1) is 0 Å². The molecule has 200 valence electrons. The number of nitrogens with one attached hydrogen (secondary N) is 1. The van der Waals surface area contributed by atoms with E-state index in [0.717, 1.165) is 38.5 Å². The highest BCUT2D eigenvalue weighted by molar-refractivity contribution is 5.79. The van der Waals surface area contributed by atoms with Gasteiger partial charge in [-0.2, -0.15) is 0 Å². The van der Waals surface area contributed by atoms with Gasteiger partial charge in [-0.05, 0) is 38.0 Å². The first-order valence-corrected chi connectivity index (χ1v) is 13.8. The molecule has 1 amide bonds. The molecular formula is C29H49NO5. The zero-order chi connectivity index (χ0) is 25.9. The van der Waals surface area contributed by atoms with Crippen LogP contribution >= 0.6 is 0 Å². The number of amides is 1. The van der Waals surface area contributed by atoms with E-state index in [2.05, 4.69) is 37.4 Å². The van der Waals surface area contributed by atoms with Gasteiger partial charge in [-0.1, -0.05) is 90.5 Å². The lowest BCUT2D eigenvalue weighted by atomic mass is 9.87. The minimum absolute atomic E-state index is 0.109. The van der Waals surface area contributed by atoms with Crippen LogP contribution in [0.1, 0.15) is 111 Å². The molecule has 0 aromatic rings. The molecular weight excluding hydrogens is 442 g/mol. The molecule has 0 radical (unpaired) electrons. The predicted molar refractivity (Wildman–Crippen MR) is 141 cm³/mol. The molecule has 0 aromatic heterocycles. The number of allylic oxidation sites excluding steroid dienone is 3. The van der Waals surface area contributed by atoms with Crippen molar-refractivity contribution in [3.05, 3.63) is 24.3 Å². The molecule has 1 rings (SSSR count). The molecule has 4 atom stereocenters. The third-order valence-corrected chi connectivity index (χ3v) is 6.41. The molecule has 0 spiro atoms. The van der Waals surface area contributed by atoms with Crippen LogP contribution in [0.3, 0.4) is 0 Å². The third kappa shape index (κ3) is 13.5. The number of hydrogen-bond donors (Lipinski definition) is 1. The van der Waals surface area contributed by atoms with Crippen molar-refractivity contribution in [3.8, 4) is 0 Å². The summed E-state index contributed by atoms with van der Waals surface area (Å²) in [5.74, 6) is -0.434. The molecule has 1 aliphatic heterocycles. The number of carbonyl (C=O) groups is 3. The van der Waals surface area contributed by atoms with Crippen LogP contribution in [0.2, 0.25) is 0 Å². The van der Waals surface area contributed by atoms with Crippen molar-refractivity contribution < 1.29 is 23.9 Å². The van der Waals surface area contributed by atoms with E-state index in [1.54, 1.807) is 0 Å². The van der Waals surface area contributed by atoms with Crippen LogP contribution in [0, 0.1) is 11.8 Å². The SMILES string of the molecule is CCCCC/C=C\C/C=C\C[C@H](C[C@H]1OC(=O)[C@@H]1CCCCCC)OC(=O)[C@@H](CC(C)C)NC=O. The standard InChI is InChI=1S/C29H49NO5/c1-5-7-9-11-12-13-14-15-16-18-24(34-29(33)26(30-22-31)20-23(3)4)21-27-25(28(32)35-27)19-17-10-8-6-2/h12-13,15-16,22-27H,5-11,14,17-21H2,1-4H3,(H,30,31)/b13-12-,16-15-/t24-,25-,26-,27-/m1/s1. The fraction of sp³-hybridized carbons (Fsp3) is 0.759. The molecule has 0 unspecified atom stereocenters. The van der Waals surface area contributed by atoms with Gasteiger partial charge >= 0.3 is 11.9 Å². The van der Waals surface area contributed by atoms with Crippen molar-refractivity contribution in [2.75, 3.05) is 0 Å². The van der Waals surface area contributed by atoms with E-state index in [4.69, 9.17) is 9.47 Å². The normalized spacial score (nSPS) is 19.5. The minimum atomic E-state index is -0.668. The van der Waals surface area contributed by atoms with Gasteiger partial charge in [-0.3, -0.25) is 9.59 Å². The first-order valence-electron chi connectivity index (χ1n) is 13.8. The average molecular weight is 492 g/mol. The van der Waals surface area contributed by atoms with Crippen LogP contribution in [0.5, 0.6) is 0 Å². The van der Waals surface area contributed by atoms with E-state index < -0.39 is 18.1 Å². The van der Waals surface area contributed by atoms with Crippen LogP contribution in [0.4, 0.5) is 0 Å². The van der Waals surface area contributed by atoms with Gasteiger partial charge in [0.1, 0.15) is 18.2 Å². The maximum atomic E-state index is 12.8. The second kappa shape index (κ2) is 19.1. The van der Waals surface area contributed by atoms with Crippen LogP contribution in [0.15, 0.2) is 24.3 Å². The van der Waals surface area contributed by atoms with E-state index in [-0.39, 0.29) is 23.9 Å². The first-order chi connectivity index (χ1) is 16.9. The molecule has 1 N–H and O–H groups in total. The number of hydrogen-bond acceptors (Lipinski definition) is 5. The molecule has 1 aliphatic rings. The number of carbonyl (C=O) groups excluding carboxylic acids is 3. The van der Waals surface area contributed by atoms with Gasteiger partial charge in [0.05, 0.1) is 5.92 Å². The molecule has 0 bridgehead atoms. The van der Waals surface area contributed by atoms with Crippen LogP contribution in [0.25, 0.3) is 0 Å². The summed E-state index contributed by atoms with van der Waals surface area (Å²) in [6.45, 7) is 8.37. The molecule has 0 aromatic carbocycles. The number of cyclic esters (lactones) is 1. The summed E-state index contributed by atoms with van der Waals surface area (Å²) in [5.41, 5.74) is 0. The van der Waals surface area contributed by atoms with Gasteiger partial charge in [0.15, 0.2) is 0 Å². The smallest absolute Gasteiger partial charge is 0.328 e. The highest BCUT2D eigenvalue weighted by atomic mass is 16.6. The summed E-state index contributed by atoms with van der Waals surface area (Å²) in [7, 11) is 0. The number of ether oxygens (including phenoxy) is 2. The van der Waals surface area contributed by atoms with Crippen LogP contribution < -0.4 is 5.32 Å². The Kier molecular flexibility index (Phi) is 16.9. The number of unbranched alkanes of at least 4 members (excludes halogenated alkanes) is 6. The van der Waals surface area contributed by atoms with Gasteiger partial charge in [-0.25, -0.2) is 4.79 Å². The lowest BCUT2D eigenvalue weighted by molar-refractivity contribution is -0.190. The Morgan fingerprint density at radius 2 is 1.74 bits per heavy atom. The van der Waals surface area contributed by atoms with Crippen molar-refractivity contribution in [2.45, 2.75) is 129 Å². The van der Waals surface area contributed by atoms with Gasteiger partial charge in [0, 0.05) is 12.8 Å². The zero-order valence-electron chi connectivity index (χ0n) is 22.5.